The Bertz CT molecular complexity index is 579. The molecule has 4 heteroatoms. The van der Waals surface area contributed by atoms with Crippen molar-refractivity contribution in [1.29, 1.82) is 0 Å². The van der Waals surface area contributed by atoms with Crippen LogP contribution in [-0.4, -0.2) is 14.6 Å². The minimum absolute atomic E-state index is 0.0900. The van der Waals surface area contributed by atoms with Gasteiger partial charge in [0.1, 0.15) is 0 Å². The molecular weight excluding hydrogens is 190 g/mol. The number of aromatic nitrogens is 3. The molecule has 3 rings (SSSR count). The van der Waals surface area contributed by atoms with Gasteiger partial charge in [0.25, 0.3) is 5.56 Å². The van der Waals surface area contributed by atoms with E-state index in [0.717, 1.165) is 48.3 Å². The maximum atomic E-state index is 12.0. The lowest BCUT2D eigenvalue weighted by Crippen LogP contribution is -2.20. The van der Waals surface area contributed by atoms with Crippen LogP contribution in [0.1, 0.15) is 30.3 Å². The highest BCUT2D eigenvalue weighted by atomic mass is 16.1. The summed E-state index contributed by atoms with van der Waals surface area (Å²) < 4.78 is 1.57. The SMILES string of the molecule is CCc1cc2nc3c(c(=O)n2[nH]1)CCC3. The minimum Gasteiger partial charge on any atom is -0.294 e. The third-order valence-corrected chi connectivity index (χ3v) is 3.07. The second kappa shape index (κ2) is 2.95. The molecular formula is C11H13N3O. The van der Waals surface area contributed by atoms with Gasteiger partial charge in [-0.1, -0.05) is 6.92 Å². The van der Waals surface area contributed by atoms with Crippen molar-refractivity contribution in [2.24, 2.45) is 0 Å². The molecule has 1 aliphatic carbocycles. The lowest BCUT2D eigenvalue weighted by Gasteiger charge is -1.98. The molecule has 2 heterocycles. The summed E-state index contributed by atoms with van der Waals surface area (Å²) in [5.41, 5.74) is 3.81. The van der Waals surface area contributed by atoms with Gasteiger partial charge in [-0.3, -0.25) is 9.89 Å². The first-order valence-corrected chi connectivity index (χ1v) is 5.42. The molecule has 0 fully saturated rings. The van der Waals surface area contributed by atoms with Crippen LogP contribution in [-0.2, 0) is 19.3 Å². The Kier molecular flexibility index (Phi) is 1.71. The van der Waals surface area contributed by atoms with E-state index in [1.165, 1.54) is 0 Å². The van der Waals surface area contributed by atoms with Gasteiger partial charge in [-0.25, -0.2) is 9.50 Å². The maximum Gasteiger partial charge on any atom is 0.276 e. The molecule has 0 aliphatic heterocycles. The van der Waals surface area contributed by atoms with E-state index in [0.29, 0.717) is 0 Å². The highest BCUT2D eigenvalue weighted by molar-refractivity contribution is 5.42. The van der Waals surface area contributed by atoms with Crippen LogP contribution in [0.5, 0.6) is 0 Å². The van der Waals surface area contributed by atoms with Crippen molar-refractivity contribution in [2.75, 3.05) is 0 Å². The normalized spacial score (nSPS) is 14.7. The molecule has 1 N–H and O–H groups in total. The van der Waals surface area contributed by atoms with Crippen LogP contribution in [0, 0.1) is 0 Å². The van der Waals surface area contributed by atoms with E-state index in [1.807, 2.05) is 6.07 Å². The van der Waals surface area contributed by atoms with Crippen LogP contribution >= 0.6 is 0 Å². The average Bonchev–Trinajstić information content (AvgIpc) is 2.83. The van der Waals surface area contributed by atoms with Gasteiger partial charge in [0.2, 0.25) is 0 Å². The molecule has 1 aliphatic rings. The summed E-state index contributed by atoms with van der Waals surface area (Å²) in [4.78, 5) is 16.6. The largest absolute Gasteiger partial charge is 0.294 e. The predicted molar refractivity (Wildman–Crippen MR) is 57.2 cm³/mol. The van der Waals surface area contributed by atoms with E-state index >= 15 is 0 Å². The van der Waals surface area contributed by atoms with Crippen molar-refractivity contribution in [3.8, 4) is 0 Å². The zero-order valence-electron chi connectivity index (χ0n) is 8.71. The Morgan fingerprint density at radius 1 is 1.53 bits per heavy atom. The second-order valence-electron chi connectivity index (χ2n) is 4.02. The molecule has 0 radical (unpaired) electrons. The maximum absolute atomic E-state index is 12.0. The number of nitrogens with zero attached hydrogens (tertiary/aromatic N) is 2. The number of rotatable bonds is 1. The molecule has 0 atom stereocenters. The summed E-state index contributed by atoms with van der Waals surface area (Å²) in [5.74, 6) is 0. The fourth-order valence-electron chi connectivity index (χ4n) is 2.23. The van der Waals surface area contributed by atoms with Crippen LogP contribution in [0.4, 0.5) is 0 Å². The first-order chi connectivity index (χ1) is 7.29. The summed E-state index contributed by atoms with van der Waals surface area (Å²) >= 11 is 0. The fourth-order valence-corrected chi connectivity index (χ4v) is 2.23. The van der Waals surface area contributed by atoms with Gasteiger partial charge in [0, 0.05) is 17.3 Å². The van der Waals surface area contributed by atoms with Gasteiger partial charge < -0.3 is 0 Å². The number of nitrogens with one attached hydrogen (secondary N) is 1. The van der Waals surface area contributed by atoms with Crippen molar-refractivity contribution in [3.05, 3.63) is 33.4 Å². The lowest BCUT2D eigenvalue weighted by atomic mass is 10.2. The van der Waals surface area contributed by atoms with Gasteiger partial charge in [0.05, 0.1) is 5.69 Å². The smallest absolute Gasteiger partial charge is 0.276 e. The first kappa shape index (κ1) is 8.71. The number of hydrogen-bond acceptors (Lipinski definition) is 2. The van der Waals surface area contributed by atoms with E-state index in [1.54, 1.807) is 4.52 Å². The summed E-state index contributed by atoms with van der Waals surface area (Å²) in [5, 5.41) is 3.08. The van der Waals surface area contributed by atoms with E-state index in [2.05, 4.69) is 17.0 Å². The standard InChI is InChI=1S/C11H13N3O/c1-2-7-6-10-12-9-5-3-4-8(9)11(15)14(10)13-7/h6,13H,2-5H2,1H3. The topological polar surface area (TPSA) is 50.2 Å². The molecule has 15 heavy (non-hydrogen) atoms. The van der Waals surface area contributed by atoms with Crippen molar-refractivity contribution < 1.29 is 0 Å². The monoisotopic (exact) mass is 203 g/mol. The summed E-state index contributed by atoms with van der Waals surface area (Å²) in [6, 6.07) is 1.96. The molecule has 78 valence electrons. The fraction of sp³-hybridized carbons (Fsp3) is 0.455. The molecule has 2 aromatic heterocycles. The third kappa shape index (κ3) is 1.14. The first-order valence-electron chi connectivity index (χ1n) is 5.42. The Labute approximate surface area is 86.9 Å². The molecule has 0 bridgehead atoms. The van der Waals surface area contributed by atoms with Crippen LogP contribution in [0.15, 0.2) is 10.9 Å². The molecule has 0 saturated carbocycles. The highest BCUT2D eigenvalue weighted by Gasteiger charge is 2.18. The van der Waals surface area contributed by atoms with Crippen LogP contribution < -0.4 is 5.56 Å². The van der Waals surface area contributed by atoms with E-state index in [-0.39, 0.29) is 5.56 Å². The van der Waals surface area contributed by atoms with Gasteiger partial charge in [-0.15, -0.1) is 0 Å². The summed E-state index contributed by atoms with van der Waals surface area (Å²) in [6.45, 7) is 2.06. The van der Waals surface area contributed by atoms with Gasteiger partial charge in [-0.05, 0) is 25.7 Å². The van der Waals surface area contributed by atoms with E-state index in [9.17, 15) is 4.79 Å². The molecule has 0 spiro atoms. The molecule has 0 amide bonds. The number of aryl methyl sites for hydroxylation is 2. The predicted octanol–water partition coefficient (Wildman–Crippen LogP) is 1.07. The molecule has 0 unspecified atom stereocenters. The highest BCUT2D eigenvalue weighted by Crippen LogP contribution is 2.17. The average molecular weight is 203 g/mol. The van der Waals surface area contributed by atoms with Gasteiger partial charge in [-0.2, -0.15) is 0 Å². The second-order valence-corrected chi connectivity index (χ2v) is 4.02. The molecule has 0 saturated heterocycles. The lowest BCUT2D eigenvalue weighted by molar-refractivity contribution is 0.839. The molecule has 4 nitrogen and oxygen atoms in total. The van der Waals surface area contributed by atoms with Gasteiger partial charge in [0.15, 0.2) is 5.65 Å². The van der Waals surface area contributed by atoms with Crippen LogP contribution in [0.25, 0.3) is 5.65 Å². The summed E-state index contributed by atoms with van der Waals surface area (Å²) in [6.07, 6.45) is 3.79. The molecule has 2 aromatic rings. The Morgan fingerprint density at radius 2 is 2.40 bits per heavy atom. The Morgan fingerprint density at radius 3 is 3.20 bits per heavy atom. The van der Waals surface area contributed by atoms with E-state index < -0.39 is 0 Å². The molecule has 0 aromatic carbocycles. The zero-order chi connectivity index (χ0) is 10.4. The number of aromatic amines is 1. The Hall–Kier alpha value is -1.58. The zero-order valence-corrected chi connectivity index (χ0v) is 8.71. The minimum atomic E-state index is 0.0900. The number of hydrogen-bond donors (Lipinski definition) is 1. The number of fused-ring (bicyclic) bond motifs is 2. The van der Waals surface area contributed by atoms with Crippen LogP contribution in [0.2, 0.25) is 0 Å². The van der Waals surface area contributed by atoms with Crippen molar-refractivity contribution in [2.45, 2.75) is 32.6 Å². The van der Waals surface area contributed by atoms with Crippen LogP contribution in [0.3, 0.4) is 0 Å². The van der Waals surface area contributed by atoms with Gasteiger partial charge >= 0.3 is 0 Å². The van der Waals surface area contributed by atoms with Crippen molar-refractivity contribution >= 4 is 5.65 Å². The number of H-pyrrole nitrogens is 1. The Balaban J connectivity index is 2.38. The van der Waals surface area contributed by atoms with E-state index in [4.69, 9.17) is 0 Å². The quantitative estimate of drug-likeness (QED) is 0.753. The van der Waals surface area contributed by atoms with Crippen molar-refractivity contribution in [1.82, 2.24) is 14.6 Å². The third-order valence-electron chi connectivity index (χ3n) is 3.07. The summed E-state index contributed by atoms with van der Waals surface area (Å²) in [7, 11) is 0. The van der Waals surface area contributed by atoms with Crippen molar-refractivity contribution in [3.63, 3.8) is 0 Å².